The Morgan fingerprint density at radius 3 is 2.42 bits per heavy atom. The van der Waals surface area contributed by atoms with Crippen molar-refractivity contribution in [2.24, 2.45) is 34.5 Å². The molecule has 0 radical (unpaired) electrons. The fourth-order valence-electron chi connectivity index (χ4n) is 8.39. The van der Waals surface area contributed by atoms with E-state index in [2.05, 4.69) is 20.8 Å². The van der Waals surface area contributed by atoms with Gasteiger partial charge in [0.05, 0.1) is 11.7 Å². The number of hydrogen-bond donors (Lipinski definition) is 1. The molecule has 4 fully saturated rings. The zero-order chi connectivity index (χ0) is 18.6. The minimum Gasteiger partial charge on any atom is -0.390 e. The van der Waals surface area contributed by atoms with Gasteiger partial charge in [0.2, 0.25) is 0 Å². The maximum absolute atomic E-state index is 11.2. The van der Waals surface area contributed by atoms with Gasteiger partial charge in [0.15, 0.2) is 0 Å². The smallest absolute Gasteiger partial charge is 0.0650 e. The van der Waals surface area contributed by atoms with Crippen LogP contribution in [0.1, 0.15) is 97.8 Å². The molecular formula is C24H42O2. The van der Waals surface area contributed by atoms with Crippen LogP contribution in [-0.2, 0) is 4.74 Å². The van der Waals surface area contributed by atoms with Crippen LogP contribution in [0.25, 0.3) is 0 Å². The van der Waals surface area contributed by atoms with Gasteiger partial charge in [0.25, 0.3) is 0 Å². The summed E-state index contributed by atoms with van der Waals surface area (Å²) in [5.41, 5.74) is 0.550. The van der Waals surface area contributed by atoms with Gasteiger partial charge < -0.3 is 9.84 Å². The Balaban J connectivity index is 1.52. The SMILES string of the molecule is CCCCC1(O)CC[C@@]2(C)C(CC[C@@H]3[C@H]2CC[C@]2(C)C(OC)CC[C@@H]32)C1. The van der Waals surface area contributed by atoms with Gasteiger partial charge in [-0.2, -0.15) is 0 Å². The van der Waals surface area contributed by atoms with E-state index in [1.54, 1.807) is 0 Å². The molecule has 0 bridgehead atoms. The third-order valence-electron chi connectivity index (χ3n) is 10.0. The lowest BCUT2D eigenvalue weighted by Gasteiger charge is -2.62. The quantitative estimate of drug-likeness (QED) is 0.668. The Labute approximate surface area is 161 Å². The molecule has 3 unspecified atom stereocenters. The molecule has 26 heavy (non-hydrogen) atoms. The highest BCUT2D eigenvalue weighted by atomic mass is 16.5. The van der Waals surface area contributed by atoms with Crippen molar-refractivity contribution in [3.05, 3.63) is 0 Å². The predicted octanol–water partition coefficient (Wildman–Crippen LogP) is 5.97. The van der Waals surface area contributed by atoms with E-state index in [1.807, 2.05) is 7.11 Å². The van der Waals surface area contributed by atoms with Crippen LogP contribution in [0.3, 0.4) is 0 Å². The number of unbranched alkanes of at least 4 members (excludes halogenated alkanes) is 1. The first-order valence-electron chi connectivity index (χ1n) is 11.6. The van der Waals surface area contributed by atoms with E-state index >= 15 is 0 Å². The Morgan fingerprint density at radius 2 is 1.69 bits per heavy atom. The molecule has 0 heterocycles. The standard InChI is InChI=1S/C24H42O2/c1-5-6-12-24(25)15-14-22(2)17(16-24)7-8-18-19-9-10-21(26-4)23(19,3)13-11-20(18)22/h17-21,25H,5-16H2,1-4H3/t17?,18-,19-,20+,21?,22-,23-,24?/m0/s1. The van der Waals surface area contributed by atoms with E-state index in [4.69, 9.17) is 4.74 Å². The molecule has 0 aromatic rings. The lowest BCUT2D eigenvalue weighted by atomic mass is 9.44. The van der Waals surface area contributed by atoms with Crippen LogP contribution in [0.2, 0.25) is 0 Å². The summed E-state index contributed by atoms with van der Waals surface area (Å²) in [5, 5.41) is 11.2. The van der Waals surface area contributed by atoms with Gasteiger partial charge in [0.1, 0.15) is 0 Å². The second-order valence-electron chi connectivity index (χ2n) is 11.0. The third-order valence-corrected chi connectivity index (χ3v) is 10.0. The van der Waals surface area contributed by atoms with E-state index in [-0.39, 0.29) is 5.60 Å². The monoisotopic (exact) mass is 362 g/mol. The van der Waals surface area contributed by atoms with Gasteiger partial charge in [-0.25, -0.2) is 0 Å². The van der Waals surface area contributed by atoms with Gasteiger partial charge in [0, 0.05) is 7.11 Å². The summed E-state index contributed by atoms with van der Waals surface area (Å²) in [6, 6.07) is 0. The highest BCUT2D eigenvalue weighted by Gasteiger charge is 2.61. The molecule has 150 valence electrons. The van der Waals surface area contributed by atoms with Crippen molar-refractivity contribution in [1.82, 2.24) is 0 Å². The molecule has 8 atom stereocenters. The lowest BCUT2D eigenvalue weighted by Crippen LogP contribution is -2.56. The topological polar surface area (TPSA) is 29.5 Å². The fraction of sp³-hybridized carbons (Fsp3) is 1.00. The highest BCUT2D eigenvalue weighted by molar-refractivity contribution is 5.10. The van der Waals surface area contributed by atoms with Crippen LogP contribution in [0, 0.1) is 34.5 Å². The first-order chi connectivity index (χ1) is 12.4. The number of rotatable bonds is 4. The molecule has 2 nitrogen and oxygen atoms in total. The Bertz CT molecular complexity index is 518. The summed E-state index contributed by atoms with van der Waals surface area (Å²) in [4.78, 5) is 0. The van der Waals surface area contributed by atoms with Crippen molar-refractivity contribution in [1.29, 1.82) is 0 Å². The Hall–Kier alpha value is -0.0800. The van der Waals surface area contributed by atoms with Crippen molar-refractivity contribution >= 4 is 0 Å². The van der Waals surface area contributed by atoms with Crippen molar-refractivity contribution < 1.29 is 9.84 Å². The summed E-state index contributed by atoms with van der Waals surface area (Å²) in [6.07, 6.45) is 15.5. The van der Waals surface area contributed by atoms with Crippen molar-refractivity contribution in [3.63, 3.8) is 0 Å². The minimum atomic E-state index is -0.356. The van der Waals surface area contributed by atoms with E-state index < -0.39 is 0 Å². The summed E-state index contributed by atoms with van der Waals surface area (Å²) < 4.78 is 5.93. The third kappa shape index (κ3) is 2.81. The molecule has 2 heteroatoms. The molecule has 0 aromatic carbocycles. The van der Waals surface area contributed by atoms with Crippen LogP contribution in [0.15, 0.2) is 0 Å². The summed E-state index contributed by atoms with van der Waals surface area (Å²) in [5.74, 6) is 3.44. The number of hydrogen-bond acceptors (Lipinski definition) is 2. The number of methoxy groups -OCH3 is 1. The zero-order valence-electron chi connectivity index (χ0n) is 17.7. The largest absolute Gasteiger partial charge is 0.390 e. The molecule has 4 aliphatic carbocycles. The van der Waals surface area contributed by atoms with Crippen LogP contribution in [-0.4, -0.2) is 23.9 Å². The van der Waals surface area contributed by atoms with E-state index in [9.17, 15) is 5.11 Å². The van der Waals surface area contributed by atoms with Crippen LogP contribution in [0.4, 0.5) is 0 Å². The van der Waals surface area contributed by atoms with Gasteiger partial charge in [-0.15, -0.1) is 0 Å². The first-order valence-corrected chi connectivity index (χ1v) is 11.6. The molecule has 4 aliphatic rings. The first kappa shape index (κ1) is 19.2. The maximum Gasteiger partial charge on any atom is 0.0650 e. The molecule has 1 N–H and O–H groups in total. The van der Waals surface area contributed by atoms with Crippen molar-refractivity contribution in [2.45, 2.75) is 110 Å². The summed E-state index contributed by atoms with van der Waals surface area (Å²) in [7, 11) is 1.93. The van der Waals surface area contributed by atoms with Gasteiger partial charge in [-0.3, -0.25) is 0 Å². The Kier molecular flexibility index (Phi) is 5.01. The van der Waals surface area contributed by atoms with E-state index in [0.717, 1.165) is 42.9 Å². The minimum absolute atomic E-state index is 0.356. The molecule has 4 saturated carbocycles. The average molecular weight is 363 g/mol. The van der Waals surface area contributed by atoms with Gasteiger partial charge >= 0.3 is 0 Å². The van der Waals surface area contributed by atoms with Crippen LogP contribution < -0.4 is 0 Å². The molecule has 0 aliphatic heterocycles. The normalized spacial score (nSPS) is 53.7. The molecular weight excluding hydrogens is 320 g/mol. The molecule has 0 aromatic heterocycles. The highest BCUT2D eigenvalue weighted by Crippen LogP contribution is 2.67. The second kappa shape index (κ2) is 6.76. The van der Waals surface area contributed by atoms with Crippen molar-refractivity contribution in [2.75, 3.05) is 7.11 Å². The molecule has 4 rings (SSSR count). The zero-order valence-corrected chi connectivity index (χ0v) is 17.7. The van der Waals surface area contributed by atoms with Gasteiger partial charge in [-0.05, 0) is 98.7 Å². The second-order valence-corrected chi connectivity index (χ2v) is 11.0. The number of aliphatic hydroxyl groups is 1. The molecule has 0 amide bonds. The van der Waals surface area contributed by atoms with E-state index in [0.29, 0.717) is 16.9 Å². The van der Waals surface area contributed by atoms with E-state index in [1.165, 1.54) is 57.8 Å². The van der Waals surface area contributed by atoms with Gasteiger partial charge in [-0.1, -0.05) is 33.6 Å². The number of ether oxygens (including phenoxy) is 1. The molecule has 0 saturated heterocycles. The number of fused-ring (bicyclic) bond motifs is 5. The van der Waals surface area contributed by atoms with Crippen molar-refractivity contribution in [3.8, 4) is 0 Å². The van der Waals surface area contributed by atoms with Crippen LogP contribution >= 0.6 is 0 Å². The van der Waals surface area contributed by atoms with Crippen LogP contribution in [0.5, 0.6) is 0 Å². The lowest BCUT2D eigenvalue weighted by molar-refractivity contribution is -0.158. The Morgan fingerprint density at radius 1 is 0.923 bits per heavy atom. The average Bonchev–Trinajstić information content (AvgIpc) is 2.97. The fourth-order valence-corrected chi connectivity index (χ4v) is 8.39. The summed E-state index contributed by atoms with van der Waals surface area (Å²) in [6.45, 7) is 7.39. The molecule has 0 spiro atoms. The predicted molar refractivity (Wildman–Crippen MR) is 107 cm³/mol. The maximum atomic E-state index is 11.2. The summed E-state index contributed by atoms with van der Waals surface area (Å²) >= 11 is 0.